The highest BCUT2D eigenvalue weighted by atomic mass is 79.9. The number of benzene rings is 2. The number of rotatable bonds is 10. The fraction of sp³-hybridized carbons (Fsp3) is 0.500. The molecular weight excluding hydrogens is 570 g/mol. The van der Waals surface area contributed by atoms with Gasteiger partial charge in [-0.05, 0) is 82.3 Å². The van der Waals surface area contributed by atoms with Crippen molar-refractivity contribution in [2.45, 2.75) is 70.0 Å². The van der Waals surface area contributed by atoms with Gasteiger partial charge in [0.05, 0.1) is 11.4 Å². The van der Waals surface area contributed by atoms with Gasteiger partial charge in [0, 0.05) is 36.7 Å². The van der Waals surface area contributed by atoms with Crippen molar-refractivity contribution < 1.29 is 22.7 Å². The summed E-state index contributed by atoms with van der Waals surface area (Å²) in [5.74, 6) is -0.246. The number of Topliss-reactive ketones (excluding diaryl/α,β-unsaturated/α-hetero) is 1. The van der Waals surface area contributed by atoms with Gasteiger partial charge in [-0.25, -0.2) is 17.9 Å². The van der Waals surface area contributed by atoms with Crippen molar-refractivity contribution in [3.05, 3.63) is 64.1 Å². The van der Waals surface area contributed by atoms with E-state index in [9.17, 15) is 18.0 Å². The minimum atomic E-state index is -3.74. The molecule has 1 N–H and O–H groups in total. The monoisotopic (exact) mass is 607 g/mol. The van der Waals surface area contributed by atoms with Gasteiger partial charge in [0.25, 0.3) is 0 Å². The van der Waals surface area contributed by atoms with Gasteiger partial charge >= 0.3 is 6.09 Å². The first kappa shape index (κ1) is 30.3. The Kier molecular flexibility index (Phi) is 10.5. The largest absolute Gasteiger partial charge is 0.444 e. The molecule has 10 heteroatoms. The fourth-order valence-electron chi connectivity index (χ4n) is 4.34. The summed E-state index contributed by atoms with van der Waals surface area (Å²) in [4.78, 5) is 28.0. The number of ketones is 1. The molecular formula is C28H38BrN3O5S. The second-order valence-electron chi connectivity index (χ2n) is 10.7. The third-order valence-corrected chi connectivity index (χ3v) is 8.31. The number of halogens is 1. The van der Waals surface area contributed by atoms with Crippen LogP contribution in [-0.2, 0) is 32.5 Å². The van der Waals surface area contributed by atoms with Gasteiger partial charge < -0.3 is 9.64 Å². The molecule has 1 heterocycles. The Morgan fingerprint density at radius 2 is 1.61 bits per heavy atom. The average Bonchev–Trinajstić information content (AvgIpc) is 2.86. The van der Waals surface area contributed by atoms with E-state index in [0.29, 0.717) is 19.6 Å². The van der Waals surface area contributed by atoms with Crippen molar-refractivity contribution in [2.75, 3.05) is 26.2 Å². The van der Waals surface area contributed by atoms with E-state index in [1.807, 2.05) is 45.0 Å². The molecule has 0 saturated carbocycles. The lowest BCUT2D eigenvalue weighted by atomic mass is 10.0. The minimum Gasteiger partial charge on any atom is -0.444 e. The molecule has 0 unspecified atom stereocenters. The number of sulfonamides is 1. The molecule has 0 aromatic heterocycles. The minimum absolute atomic E-state index is 0.134. The Morgan fingerprint density at radius 1 is 1.03 bits per heavy atom. The van der Waals surface area contributed by atoms with E-state index in [-0.39, 0.29) is 29.4 Å². The van der Waals surface area contributed by atoms with Crippen LogP contribution in [0.15, 0.2) is 57.9 Å². The number of carbonyl (C=O) groups is 2. The number of ether oxygens (including phenoxy) is 1. The maximum atomic E-state index is 12.5. The van der Waals surface area contributed by atoms with Crippen molar-refractivity contribution >= 4 is 37.8 Å². The average molecular weight is 609 g/mol. The Labute approximate surface area is 234 Å². The van der Waals surface area contributed by atoms with Crippen LogP contribution in [0.5, 0.6) is 0 Å². The molecule has 1 aliphatic heterocycles. The third kappa shape index (κ3) is 9.48. The number of hydrogen-bond acceptors (Lipinski definition) is 6. The summed E-state index contributed by atoms with van der Waals surface area (Å²) in [6.45, 7) is 9.49. The molecule has 1 saturated heterocycles. The van der Waals surface area contributed by atoms with E-state index in [2.05, 4.69) is 37.7 Å². The lowest BCUT2D eigenvalue weighted by molar-refractivity contribution is -0.115. The first-order valence-electron chi connectivity index (χ1n) is 12.9. The number of carbonyl (C=O) groups excluding carboxylic acids is 2. The molecule has 0 aliphatic carbocycles. The zero-order valence-electron chi connectivity index (χ0n) is 22.6. The van der Waals surface area contributed by atoms with Crippen molar-refractivity contribution in [3.63, 3.8) is 0 Å². The Hall–Kier alpha value is -2.27. The summed E-state index contributed by atoms with van der Waals surface area (Å²) in [6, 6.07) is 15.4. The maximum absolute atomic E-state index is 12.5. The van der Waals surface area contributed by atoms with E-state index >= 15 is 0 Å². The van der Waals surface area contributed by atoms with Gasteiger partial charge in [-0.3, -0.25) is 9.69 Å². The standard InChI is InChI=1S/C28H38BrN3O5S/c1-21(33)19-30-38(35,36)26-11-7-23(8-12-26)20-32(16-13-22-5-9-24(29)10-6-22)25-14-17-31(18-15-25)27(34)37-28(2,3)4/h5-12,25,30H,13-20H2,1-4H3. The lowest BCUT2D eigenvalue weighted by Gasteiger charge is -2.39. The van der Waals surface area contributed by atoms with E-state index in [4.69, 9.17) is 4.74 Å². The van der Waals surface area contributed by atoms with Crippen LogP contribution in [0.4, 0.5) is 4.79 Å². The van der Waals surface area contributed by atoms with Crippen LogP contribution in [-0.4, -0.2) is 67.9 Å². The number of nitrogens with one attached hydrogen (secondary N) is 1. The van der Waals surface area contributed by atoms with Crippen molar-refractivity contribution in [2.24, 2.45) is 0 Å². The normalized spacial score (nSPS) is 15.1. The number of nitrogens with zero attached hydrogens (tertiary/aromatic N) is 2. The zero-order valence-corrected chi connectivity index (χ0v) is 25.0. The first-order valence-corrected chi connectivity index (χ1v) is 15.1. The molecule has 208 valence electrons. The van der Waals surface area contributed by atoms with Crippen LogP contribution >= 0.6 is 15.9 Å². The molecule has 0 bridgehead atoms. The van der Waals surface area contributed by atoms with E-state index in [0.717, 1.165) is 35.8 Å². The quantitative estimate of drug-likeness (QED) is 0.418. The van der Waals surface area contributed by atoms with Crippen LogP contribution in [0, 0.1) is 0 Å². The van der Waals surface area contributed by atoms with Crippen LogP contribution in [0.2, 0.25) is 0 Å². The summed E-state index contributed by atoms with van der Waals surface area (Å²) in [5, 5.41) is 0. The molecule has 38 heavy (non-hydrogen) atoms. The van der Waals surface area contributed by atoms with Crippen molar-refractivity contribution in [1.82, 2.24) is 14.5 Å². The second kappa shape index (κ2) is 13.2. The van der Waals surface area contributed by atoms with Gasteiger partial charge in [-0.2, -0.15) is 0 Å². The van der Waals surface area contributed by atoms with Crippen LogP contribution in [0.25, 0.3) is 0 Å². The highest BCUT2D eigenvalue weighted by Gasteiger charge is 2.29. The predicted octanol–water partition coefficient (Wildman–Crippen LogP) is 4.76. The van der Waals surface area contributed by atoms with E-state index in [1.54, 1.807) is 17.0 Å². The first-order chi connectivity index (χ1) is 17.8. The fourth-order valence-corrected chi connectivity index (χ4v) is 5.66. The van der Waals surface area contributed by atoms with Crippen molar-refractivity contribution in [1.29, 1.82) is 0 Å². The topological polar surface area (TPSA) is 96.0 Å². The molecule has 1 aliphatic rings. The highest BCUT2D eigenvalue weighted by Crippen LogP contribution is 2.23. The Balaban J connectivity index is 1.69. The number of hydrogen-bond donors (Lipinski definition) is 1. The molecule has 0 radical (unpaired) electrons. The Morgan fingerprint density at radius 3 is 2.16 bits per heavy atom. The SMILES string of the molecule is CC(=O)CNS(=O)(=O)c1ccc(CN(CCc2ccc(Br)cc2)C2CCN(C(=O)OC(C)(C)C)CC2)cc1. The van der Waals surface area contributed by atoms with Gasteiger partial charge in [-0.1, -0.05) is 40.2 Å². The number of likely N-dealkylation sites (tertiary alicyclic amines) is 1. The molecule has 1 amide bonds. The van der Waals surface area contributed by atoms with Gasteiger partial charge in [0.1, 0.15) is 11.4 Å². The molecule has 1 fully saturated rings. The van der Waals surface area contributed by atoms with Crippen LogP contribution in [0.1, 0.15) is 51.7 Å². The zero-order chi connectivity index (χ0) is 27.9. The molecule has 2 aromatic rings. The highest BCUT2D eigenvalue weighted by molar-refractivity contribution is 9.10. The molecule has 2 aromatic carbocycles. The maximum Gasteiger partial charge on any atom is 0.410 e. The van der Waals surface area contributed by atoms with Crippen molar-refractivity contribution in [3.8, 4) is 0 Å². The molecule has 0 atom stereocenters. The number of piperidine rings is 1. The van der Waals surface area contributed by atoms with E-state index in [1.165, 1.54) is 12.5 Å². The summed E-state index contributed by atoms with van der Waals surface area (Å²) in [5.41, 5.74) is 1.72. The Bertz CT molecular complexity index is 1190. The second-order valence-corrected chi connectivity index (χ2v) is 13.4. The number of amides is 1. The van der Waals surface area contributed by atoms with Gasteiger partial charge in [0.2, 0.25) is 10.0 Å². The van der Waals surface area contributed by atoms with Crippen LogP contribution < -0.4 is 4.72 Å². The van der Waals surface area contributed by atoms with Gasteiger partial charge in [-0.15, -0.1) is 0 Å². The van der Waals surface area contributed by atoms with Crippen LogP contribution in [0.3, 0.4) is 0 Å². The summed E-state index contributed by atoms with van der Waals surface area (Å²) < 4.78 is 33.8. The third-order valence-electron chi connectivity index (χ3n) is 6.36. The smallest absolute Gasteiger partial charge is 0.410 e. The molecule has 8 nitrogen and oxygen atoms in total. The lowest BCUT2D eigenvalue weighted by Crippen LogP contribution is -2.48. The molecule has 3 rings (SSSR count). The van der Waals surface area contributed by atoms with E-state index < -0.39 is 15.6 Å². The van der Waals surface area contributed by atoms with Gasteiger partial charge in [0.15, 0.2) is 0 Å². The summed E-state index contributed by atoms with van der Waals surface area (Å²) in [7, 11) is -3.74. The predicted molar refractivity (Wildman–Crippen MR) is 151 cm³/mol. The summed E-state index contributed by atoms with van der Waals surface area (Å²) >= 11 is 3.49. The molecule has 0 spiro atoms. The summed E-state index contributed by atoms with van der Waals surface area (Å²) in [6.07, 6.45) is 2.27.